The van der Waals surface area contributed by atoms with Crippen molar-refractivity contribution in [3.05, 3.63) is 101 Å². The lowest BCUT2D eigenvalue weighted by atomic mass is 9.98. The number of carbonyl (C=O) groups is 2. The third kappa shape index (κ3) is 5.18. The molecule has 1 N–H and O–H groups in total. The second-order valence-corrected chi connectivity index (χ2v) is 9.44. The van der Waals surface area contributed by atoms with Crippen molar-refractivity contribution >= 4 is 40.1 Å². The molecule has 2 amide bonds. The minimum atomic E-state index is -0.771. The molecule has 0 unspecified atom stereocenters. The molecular weight excluding hydrogens is 489 g/mol. The summed E-state index contributed by atoms with van der Waals surface area (Å²) in [6.07, 6.45) is 0.270. The summed E-state index contributed by atoms with van der Waals surface area (Å²) in [5.41, 5.74) is 2.43. The van der Waals surface area contributed by atoms with Crippen molar-refractivity contribution in [2.45, 2.75) is 24.1 Å². The van der Waals surface area contributed by atoms with Crippen LogP contribution in [0.15, 0.2) is 82.9 Å². The average molecular weight is 509 g/mol. The number of carbonyl (C=O) groups excluding carboxylic acids is 2. The molecule has 182 valence electrons. The fourth-order valence-electron chi connectivity index (χ4n) is 4.00. The maximum atomic E-state index is 13.5. The van der Waals surface area contributed by atoms with Crippen LogP contribution >= 0.6 is 11.8 Å². The highest BCUT2D eigenvalue weighted by Gasteiger charge is 2.39. The van der Waals surface area contributed by atoms with E-state index in [1.165, 1.54) is 42.5 Å². The van der Waals surface area contributed by atoms with E-state index in [-0.39, 0.29) is 24.1 Å². The van der Waals surface area contributed by atoms with Crippen LogP contribution in [0.5, 0.6) is 0 Å². The summed E-state index contributed by atoms with van der Waals surface area (Å²) in [5.74, 6) is -2.16. The number of hydrogen-bond donors (Lipinski definition) is 1. The zero-order valence-electron chi connectivity index (χ0n) is 18.7. The first-order valence-corrected chi connectivity index (χ1v) is 12.0. The van der Waals surface area contributed by atoms with Crippen molar-refractivity contribution in [2.75, 3.05) is 5.32 Å². The first-order valence-electron chi connectivity index (χ1n) is 11.1. The second kappa shape index (κ2) is 9.98. The van der Waals surface area contributed by atoms with E-state index >= 15 is 0 Å². The van der Waals surface area contributed by atoms with E-state index in [2.05, 4.69) is 15.4 Å². The Hall–Kier alpha value is -3.92. The number of benzene rings is 3. The van der Waals surface area contributed by atoms with E-state index in [1.807, 2.05) is 0 Å². The molecule has 2 atom stereocenters. The molecule has 0 aromatic heterocycles. The SMILES string of the molecule is O=C(C[C@H]1SC(N2N=C(c3ccc(F)cc3)C[C@@H]2c2ccc(F)cc2)=NC1=O)Nc1cccc(F)c1. The number of hydrogen-bond acceptors (Lipinski definition) is 5. The molecular formula is C26H19F3N4O2S. The highest BCUT2D eigenvalue weighted by molar-refractivity contribution is 8.15. The van der Waals surface area contributed by atoms with Crippen LogP contribution < -0.4 is 5.32 Å². The summed E-state index contributed by atoms with van der Waals surface area (Å²) in [5, 5.41) is 8.39. The summed E-state index contributed by atoms with van der Waals surface area (Å²) in [4.78, 5) is 29.3. The van der Waals surface area contributed by atoms with E-state index in [4.69, 9.17) is 0 Å². The third-order valence-corrected chi connectivity index (χ3v) is 6.89. The van der Waals surface area contributed by atoms with Crippen LogP contribution in [-0.4, -0.2) is 33.0 Å². The number of amides is 2. The van der Waals surface area contributed by atoms with Crippen LogP contribution in [0.2, 0.25) is 0 Å². The lowest BCUT2D eigenvalue weighted by Gasteiger charge is -2.23. The Morgan fingerprint density at radius 2 is 1.67 bits per heavy atom. The lowest BCUT2D eigenvalue weighted by Crippen LogP contribution is -2.25. The molecule has 2 aliphatic rings. The van der Waals surface area contributed by atoms with Gasteiger partial charge in [0.15, 0.2) is 5.17 Å². The molecule has 0 bridgehead atoms. The Balaban J connectivity index is 1.35. The number of nitrogens with zero attached hydrogens (tertiary/aromatic N) is 3. The van der Waals surface area contributed by atoms with Crippen molar-refractivity contribution in [1.82, 2.24) is 5.01 Å². The number of rotatable bonds is 5. The zero-order valence-corrected chi connectivity index (χ0v) is 19.5. The van der Waals surface area contributed by atoms with Crippen LogP contribution in [0, 0.1) is 17.5 Å². The molecule has 0 saturated carbocycles. The van der Waals surface area contributed by atoms with E-state index in [0.29, 0.717) is 28.6 Å². The molecule has 5 rings (SSSR count). The first kappa shape index (κ1) is 23.8. The van der Waals surface area contributed by atoms with Gasteiger partial charge in [-0.3, -0.25) is 9.59 Å². The number of anilines is 1. The minimum absolute atomic E-state index is 0.156. The number of aliphatic imine (C=N–C) groups is 1. The van der Waals surface area contributed by atoms with Crippen LogP contribution in [0.1, 0.15) is 30.0 Å². The third-order valence-electron chi connectivity index (χ3n) is 5.75. The summed E-state index contributed by atoms with van der Waals surface area (Å²) in [7, 11) is 0. The summed E-state index contributed by atoms with van der Waals surface area (Å²) < 4.78 is 40.4. The Morgan fingerprint density at radius 3 is 2.36 bits per heavy atom. The second-order valence-electron chi connectivity index (χ2n) is 8.27. The number of halogens is 3. The smallest absolute Gasteiger partial charge is 0.262 e. The van der Waals surface area contributed by atoms with Gasteiger partial charge in [0.2, 0.25) is 5.91 Å². The van der Waals surface area contributed by atoms with E-state index in [0.717, 1.165) is 17.3 Å². The predicted octanol–water partition coefficient (Wildman–Crippen LogP) is 5.28. The lowest BCUT2D eigenvalue weighted by molar-refractivity contribution is -0.121. The van der Waals surface area contributed by atoms with Crippen LogP contribution in [0.25, 0.3) is 0 Å². The topological polar surface area (TPSA) is 74.1 Å². The average Bonchev–Trinajstić information content (AvgIpc) is 3.44. The molecule has 0 fully saturated rings. The Bertz CT molecular complexity index is 1380. The van der Waals surface area contributed by atoms with Crippen molar-refractivity contribution < 1.29 is 22.8 Å². The molecule has 36 heavy (non-hydrogen) atoms. The van der Waals surface area contributed by atoms with Crippen molar-refractivity contribution in [1.29, 1.82) is 0 Å². The molecule has 0 radical (unpaired) electrons. The predicted molar refractivity (Wildman–Crippen MR) is 132 cm³/mol. The van der Waals surface area contributed by atoms with Gasteiger partial charge < -0.3 is 5.32 Å². The van der Waals surface area contributed by atoms with E-state index < -0.39 is 22.9 Å². The fourth-order valence-corrected chi connectivity index (χ4v) is 5.06. The van der Waals surface area contributed by atoms with Gasteiger partial charge in [0, 0.05) is 18.5 Å². The zero-order chi connectivity index (χ0) is 25.2. The van der Waals surface area contributed by atoms with Crippen LogP contribution in [0.3, 0.4) is 0 Å². The maximum Gasteiger partial charge on any atom is 0.262 e. The van der Waals surface area contributed by atoms with Crippen molar-refractivity contribution in [3.8, 4) is 0 Å². The molecule has 3 aromatic rings. The molecule has 0 saturated heterocycles. The van der Waals surface area contributed by atoms with Gasteiger partial charge in [0.05, 0.1) is 11.8 Å². The van der Waals surface area contributed by atoms with Gasteiger partial charge in [-0.05, 0) is 53.6 Å². The molecule has 2 heterocycles. The highest BCUT2D eigenvalue weighted by atomic mass is 32.2. The van der Waals surface area contributed by atoms with Crippen molar-refractivity contribution in [2.24, 2.45) is 10.1 Å². The Kier molecular flexibility index (Phi) is 6.60. The molecule has 6 nitrogen and oxygen atoms in total. The number of thioether (sulfide) groups is 1. The molecule has 0 aliphatic carbocycles. The van der Waals surface area contributed by atoms with Gasteiger partial charge in [-0.2, -0.15) is 10.1 Å². The number of amidine groups is 1. The highest BCUT2D eigenvalue weighted by Crippen LogP contribution is 2.38. The minimum Gasteiger partial charge on any atom is -0.326 e. The molecule has 10 heteroatoms. The largest absolute Gasteiger partial charge is 0.326 e. The van der Waals surface area contributed by atoms with E-state index in [1.54, 1.807) is 35.3 Å². The first-order chi connectivity index (χ1) is 17.4. The monoisotopic (exact) mass is 508 g/mol. The normalized spacial score (nSPS) is 19.3. The summed E-state index contributed by atoms with van der Waals surface area (Å²) in [6.45, 7) is 0. The summed E-state index contributed by atoms with van der Waals surface area (Å²) >= 11 is 1.11. The standard InChI is InChI=1S/C26H19F3N4O2S/c27-17-8-4-15(5-9-17)21-13-22(16-6-10-18(28)11-7-16)33(32-21)26-31-25(35)23(36-26)14-24(34)30-20-3-1-2-19(29)12-20/h1-12,22-23H,13-14H2,(H,30,34)/t22-,23-/m1/s1. The van der Waals surface area contributed by atoms with Crippen molar-refractivity contribution in [3.63, 3.8) is 0 Å². The van der Waals surface area contributed by atoms with Gasteiger partial charge in [-0.15, -0.1) is 0 Å². The van der Waals surface area contributed by atoms with Gasteiger partial charge in [0.1, 0.15) is 22.7 Å². The quantitative estimate of drug-likeness (QED) is 0.509. The fraction of sp³-hybridized carbons (Fsp3) is 0.154. The van der Waals surface area contributed by atoms with Crippen LogP contribution in [-0.2, 0) is 9.59 Å². The van der Waals surface area contributed by atoms with Gasteiger partial charge in [0.25, 0.3) is 5.91 Å². The maximum absolute atomic E-state index is 13.5. The van der Waals surface area contributed by atoms with Crippen LogP contribution in [0.4, 0.5) is 18.9 Å². The number of hydrazone groups is 1. The Morgan fingerprint density at radius 1 is 0.972 bits per heavy atom. The molecule has 2 aliphatic heterocycles. The Labute approximate surface area is 208 Å². The van der Waals surface area contributed by atoms with Gasteiger partial charge in [-0.1, -0.05) is 42.1 Å². The van der Waals surface area contributed by atoms with Gasteiger partial charge in [-0.25, -0.2) is 18.2 Å². The van der Waals surface area contributed by atoms with E-state index in [9.17, 15) is 22.8 Å². The summed E-state index contributed by atoms with van der Waals surface area (Å²) in [6, 6.07) is 17.0. The van der Waals surface area contributed by atoms with Gasteiger partial charge >= 0.3 is 0 Å². The molecule has 0 spiro atoms. The number of nitrogens with one attached hydrogen (secondary N) is 1. The molecule has 3 aromatic carbocycles.